The van der Waals surface area contributed by atoms with Gasteiger partial charge in [-0.05, 0) is 36.5 Å². The van der Waals surface area contributed by atoms with Crippen LogP contribution in [0.4, 0.5) is 4.39 Å². The average molecular weight is 248 g/mol. The second-order valence-corrected chi connectivity index (χ2v) is 5.48. The Kier molecular flexibility index (Phi) is 5.30. The fourth-order valence-corrected chi connectivity index (χ4v) is 1.81. The summed E-state index contributed by atoms with van der Waals surface area (Å²) in [5.41, 5.74) is 1.03. The minimum Gasteiger partial charge on any atom is -0.310 e. The molecule has 1 atom stereocenters. The second kappa shape index (κ2) is 6.51. The van der Waals surface area contributed by atoms with Crippen LogP contribution in [0.5, 0.6) is 0 Å². The first-order valence-corrected chi connectivity index (χ1v) is 6.30. The van der Waals surface area contributed by atoms with E-state index in [0.717, 1.165) is 18.5 Å². The van der Waals surface area contributed by atoms with Crippen molar-refractivity contribution in [1.29, 1.82) is 5.26 Å². The Balaban J connectivity index is 2.51. The van der Waals surface area contributed by atoms with Crippen LogP contribution in [0, 0.1) is 22.6 Å². The van der Waals surface area contributed by atoms with Crippen LogP contribution in [0.25, 0.3) is 0 Å². The first kappa shape index (κ1) is 14.7. The smallest absolute Gasteiger partial charge is 0.123 e. The summed E-state index contributed by atoms with van der Waals surface area (Å²) in [6, 6.07) is 8.94. The van der Waals surface area contributed by atoms with Gasteiger partial charge in [0.25, 0.3) is 0 Å². The van der Waals surface area contributed by atoms with Crippen LogP contribution in [-0.2, 0) is 0 Å². The molecule has 0 unspecified atom stereocenters. The Hall–Kier alpha value is -1.40. The molecule has 0 bridgehead atoms. The molecule has 0 spiro atoms. The predicted octanol–water partition coefficient (Wildman–Crippen LogP) is 3.81. The van der Waals surface area contributed by atoms with Crippen molar-refractivity contribution in [2.75, 3.05) is 6.54 Å². The molecular weight excluding hydrogens is 227 g/mol. The third-order valence-electron chi connectivity index (χ3n) is 3.15. The summed E-state index contributed by atoms with van der Waals surface area (Å²) in [5, 5.41) is 12.0. The van der Waals surface area contributed by atoms with Gasteiger partial charge < -0.3 is 5.32 Å². The SMILES string of the molecule is C[C@@H](NCC(C)(C)CCC#N)c1cccc(F)c1. The largest absolute Gasteiger partial charge is 0.310 e. The maximum atomic E-state index is 13.1. The van der Waals surface area contributed by atoms with E-state index >= 15 is 0 Å². The zero-order chi connectivity index (χ0) is 13.6. The highest BCUT2D eigenvalue weighted by Crippen LogP contribution is 2.22. The van der Waals surface area contributed by atoms with Crippen molar-refractivity contribution in [2.45, 2.75) is 39.7 Å². The number of nitrogens with zero attached hydrogens (tertiary/aromatic N) is 1. The third-order valence-corrected chi connectivity index (χ3v) is 3.15. The minimum atomic E-state index is -0.204. The summed E-state index contributed by atoms with van der Waals surface area (Å²) in [6.07, 6.45) is 1.44. The molecule has 0 saturated heterocycles. The summed E-state index contributed by atoms with van der Waals surface area (Å²) < 4.78 is 13.1. The van der Waals surface area contributed by atoms with Crippen LogP contribution in [-0.4, -0.2) is 6.54 Å². The van der Waals surface area contributed by atoms with Crippen molar-refractivity contribution in [3.63, 3.8) is 0 Å². The monoisotopic (exact) mass is 248 g/mol. The highest BCUT2D eigenvalue weighted by atomic mass is 19.1. The lowest BCUT2D eigenvalue weighted by molar-refractivity contribution is 0.304. The number of nitriles is 1. The first-order valence-electron chi connectivity index (χ1n) is 6.30. The quantitative estimate of drug-likeness (QED) is 0.831. The Morgan fingerprint density at radius 2 is 2.17 bits per heavy atom. The molecule has 0 aromatic heterocycles. The van der Waals surface area contributed by atoms with Gasteiger partial charge in [-0.15, -0.1) is 0 Å². The maximum absolute atomic E-state index is 13.1. The number of halogens is 1. The van der Waals surface area contributed by atoms with E-state index in [1.165, 1.54) is 6.07 Å². The van der Waals surface area contributed by atoms with Crippen molar-refractivity contribution in [3.8, 4) is 6.07 Å². The van der Waals surface area contributed by atoms with Crippen molar-refractivity contribution in [1.82, 2.24) is 5.32 Å². The fraction of sp³-hybridized carbons (Fsp3) is 0.533. The van der Waals surface area contributed by atoms with E-state index in [-0.39, 0.29) is 17.3 Å². The molecule has 18 heavy (non-hydrogen) atoms. The molecule has 0 radical (unpaired) electrons. The Labute approximate surface area is 109 Å². The van der Waals surface area contributed by atoms with E-state index in [1.807, 2.05) is 13.0 Å². The van der Waals surface area contributed by atoms with Gasteiger partial charge in [0.1, 0.15) is 5.82 Å². The van der Waals surface area contributed by atoms with Crippen LogP contribution in [0.1, 0.15) is 45.2 Å². The number of benzene rings is 1. The molecule has 0 saturated carbocycles. The summed E-state index contributed by atoms with van der Waals surface area (Å²) in [5.74, 6) is -0.204. The molecule has 1 aromatic carbocycles. The molecule has 3 heteroatoms. The molecule has 0 aliphatic rings. The topological polar surface area (TPSA) is 35.8 Å². The normalized spacial score (nSPS) is 13.1. The van der Waals surface area contributed by atoms with Crippen LogP contribution in [0.15, 0.2) is 24.3 Å². The van der Waals surface area contributed by atoms with Gasteiger partial charge >= 0.3 is 0 Å². The molecule has 0 heterocycles. The first-order chi connectivity index (χ1) is 8.44. The standard InChI is InChI=1S/C15H21FN2/c1-12(13-6-4-7-14(16)10-13)18-11-15(2,3)8-5-9-17/h4,6-7,10,12,18H,5,8,11H2,1-3H3/t12-/m1/s1. The van der Waals surface area contributed by atoms with Gasteiger partial charge in [-0.1, -0.05) is 26.0 Å². The van der Waals surface area contributed by atoms with E-state index in [4.69, 9.17) is 5.26 Å². The predicted molar refractivity (Wildman–Crippen MR) is 71.4 cm³/mol. The van der Waals surface area contributed by atoms with Gasteiger partial charge in [0.15, 0.2) is 0 Å². The molecule has 0 aliphatic heterocycles. The molecular formula is C15H21FN2. The second-order valence-electron chi connectivity index (χ2n) is 5.48. The molecule has 98 valence electrons. The Morgan fingerprint density at radius 3 is 2.78 bits per heavy atom. The van der Waals surface area contributed by atoms with Crippen molar-refractivity contribution in [3.05, 3.63) is 35.6 Å². The fourth-order valence-electron chi connectivity index (χ4n) is 1.81. The number of hydrogen-bond donors (Lipinski definition) is 1. The van der Waals surface area contributed by atoms with Gasteiger partial charge in [0.2, 0.25) is 0 Å². The van der Waals surface area contributed by atoms with Crippen molar-refractivity contribution >= 4 is 0 Å². The minimum absolute atomic E-state index is 0.0807. The highest BCUT2D eigenvalue weighted by Gasteiger charge is 2.18. The van der Waals surface area contributed by atoms with E-state index in [0.29, 0.717) is 6.42 Å². The summed E-state index contributed by atoms with van der Waals surface area (Å²) >= 11 is 0. The van der Waals surface area contributed by atoms with Crippen LogP contribution in [0.2, 0.25) is 0 Å². The Morgan fingerprint density at radius 1 is 1.44 bits per heavy atom. The lowest BCUT2D eigenvalue weighted by atomic mass is 9.87. The van der Waals surface area contributed by atoms with Gasteiger partial charge in [0, 0.05) is 19.0 Å². The number of rotatable bonds is 6. The lowest BCUT2D eigenvalue weighted by Crippen LogP contribution is -2.31. The molecule has 2 nitrogen and oxygen atoms in total. The molecule has 0 fully saturated rings. The van der Waals surface area contributed by atoms with E-state index in [9.17, 15) is 4.39 Å². The third kappa shape index (κ3) is 4.85. The van der Waals surface area contributed by atoms with Crippen LogP contribution >= 0.6 is 0 Å². The number of hydrogen-bond acceptors (Lipinski definition) is 2. The van der Waals surface area contributed by atoms with E-state index in [1.54, 1.807) is 12.1 Å². The van der Waals surface area contributed by atoms with Gasteiger partial charge in [0.05, 0.1) is 6.07 Å². The van der Waals surface area contributed by atoms with Gasteiger partial charge in [-0.3, -0.25) is 0 Å². The summed E-state index contributed by atoms with van der Waals surface area (Å²) in [7, 11) is 0. The highest BCUT2D eigenvalue weighted by molar-refractivity contribution is 5.19. The van der Waals surface area contributed by atoms with Crippen molar-refractivity contribution in [2.24, 2.45) is 5.41 Å². The lowest BCUT2D eigenvalue weighted by Gasteiger charge is -2.26. The van der Waals surface area contributed by atoms with E-state index in [2.05, 4.69) is 25.2 Å². The summed E-state index contributed by atoms with van der Waals surface area (Å²) in [6.45, 7) is 7.10. The molecule has 1 aromatic rings. The van der Waals surface area contributed by atoms with Crippen LogP contribution < -0.4 is 5.32 Å². The number of nitrogens with one attached hydrogen (secondary N) is 1. The summed E-state index contributed by atoms with van der Waals surface area (Å²) in [4.78, 5) is 0. The zero-order valence-corrected chi connectivity index (χ0v) is 11.3. The molecule has 1 rings (SSSR count). The van der Waals surface area contributed by atoms with Gasteiger partial charge in [-0.2, -0.15) is 5.26 Å². The van der Waals surface area contributed by atoms with Crippen LogP contribution in [0.3, 0.4) is 0 Å². The Bertz CT molecular complexity index is 421. The van der Waals surface area contributed by atoms with Gasteiger partial charge in [-0.25, -0.2) is 4.39 Å². The molecule has 0 amide bonds. The zero-order valence-electron chi connectivity index (χ0n) is 11.3. The average Bonchev–Trinajstić information content (AvgIpc) is 2.34. The van der Waals surface area contributed by atoms with E-state index < -0.39 is 0 Å². The molecule has 1 N–H and O–H groups in total. The maximum Gasteiger partial charge on any atom is 0.123 e. The van der Waals surface area contributed by atoms with Crippen molar-refractivity contribution < 1.29 is 4.39 Å². The molecule has 0 aliphatic carbocycles.